The van der Waals surface area contributed by atoms with Crippen LogP contribution in [0.25, 0.3) is 5.69 Å². The minimum Gasteiger partial charge on any atom is -0.497 e. The van der Waals surface area contributed by atoms with Crippen molar-refractivity contribution in [3.05, 3.63) is 83.7 Å². The predicted molar refractivity (Wildman–Crippen MR) is 147 cm³/mol. The van der Waals surface area contributed by atoms with Gasteiger partial charge in [-0.2, -0.15) is 18.3 Å². The van der Waals surface area contributed by atoms with Gasteiger partial charge in [-0.25, -0.2) is 14.1 Å². The summed E-state index contributed by atoms with van der Waals surface area (Å²) < 4.78 is 73.4. The van der Waals surface area contributed by atoms with E-state index >= 15 is 0 Å². The van der Waals surface area contributed by atoms with Crippen molar-refractivity contribution in [3.63, 3.8) is 0 Å². The molecule has 0 spiro atoms. The summed E-state index contributed by atoms with van der Waals surface area (Å²) in [6, 6.07) is 9.45. The van der Waals surface area contributed by atoms with Gasteiger partial charge in [-0.05, 0) is 42.3 Å². The van der Waals surface area contributed by atoms with Crippen molar-refractivity contribution in [3.8, 4) is 22.9 Å². The molecule has 0 aliphatic carbocycles. The topological polar surface area (TPSA) is 111 Å². The van der Waals surface area contributed by atoms with Crippen molar-refractivity contribution >= 4 is 17.3 Å². The lowest BCUT2D eigenvalue weighted by atomic mass is 10.0. The molecule has 0 bridgehead atoms. The fourth-order valence-corrected chi connectivity index (χ4v) is 4.91. The third kappa shape index (κ3) is 6.18. The van der Waals surface area contributed by atoms with Crippen LogP contribution in [0.5, 0.6) is 17.2 Å². The van der Waals surface area contributed by atoms with E-state index in [1.165, 1.54) is 41.5 Å². The van der Waals surface area contributed by atoms with E-state index in [0.717, 1.165) is 25.3 Å². The third-order valence-corrected chi connectivity index (χ3v) is 6.87. The molecule has 5 rings (SSSR count). The highest BCUT2D eigenvalue weighted by atomic mass is 19.4. The SMILES string of the molecule is COc1cc(NC(C(=O)N2CCc3cc(OC)c(C(F)(F)F)cc32)c2ccc(F)cc2OCCO)cc(-n2cncn2)c1. The van der Waals surface area contributed by atoms with E-state index in [1.807, 2.05) is 0 Å². The molecule has 10 nitrogen and oxygen atoms in total. The molecule has 1 amide bonds. The number of carbonyl (C=O) groups excluding carboxylic acids is 1. The zero-order valence-electron chi connectivity index (χ0n) is 23.1. The van der Waals surface area contributed by atoms with Gasteiger partial charge >= 0.3 is 6.18 Å². The first-order valence-electron chi connectivity index (χ1n) is 13.1. The largest absolute Gasteiger partial charge is 0.497 e. The monoisotopic (exact) mass is 601 g/mol. The van der Waals surface area contributed by atoms with Crippen molar-refractivity contribution in [1.29, 1.82) is 0 Å². The fraction of sp³-hybridized carbons (Fsp3) is 0.276. The summed E-state index contributed by atoms with van der Waals surface area (Å²) in [5, 5.41) is 16.6. The van der Waals surface area contributed by atoms with Gasteiger partial charge in [-0.15, -0.1) is 0 Å². The van der Waals surface area contributed by atoms with Crippen molar-refractivity contribution in [2.75, 3.05) is 44.2 Å². The van der Waals surface area contributed by atoms with E-state index in [2.05, 4.69) is 15.4 Å². The molecule has 2 heterocycles. The number of hydrogen-bond donors (Lipinski definition) is 2. The number of alkyl halides is 3. The van der Waals surface area contributed by atoms with Crippen LogP contribution < -0.4 is 24.4 Å². The first-order chi connectivity index (χ1) is 20.6. The standard InChI is InChI=1S/C29H27F4N5O5/c1-41-21-12-19(11-20(13-21)38-16-34-15-35-38)36-27(22-4-3-18(30)10-25(22)43-8-7-39)28(40)37-6-5-17-9-26(42-2)23(14-24(17)37)29(31,32)33/h3-4,9-16,27,36,39H,5-8H2,1-2H3. The summed E-state index contributed by atoms with van der Waals surface area (Å²) in [6.07, 6.45) is -1.63. The van der Waals surface area contributed by atoms with Crippen molar-refractivity contribution in [1.82, 2.24) is 14.8 Å². The average molecular weight is 602 g/mol. The fourth-order valence-electron chi connectivity index (χ4n) is 4.91. The Hall–Kier alpha value is -4.85. The molecule has 1 aliphatic heterocycles. The van der Waals surface area contributed by atoms with Gasteiger partial charge in [0.05, 0.1) is 32.1 Å². The Balaban J connectivity index is 1.61. The third-order valence-electron chi connectivity index (χ3n) is 6.87. The van der Waals surface area contributed by atoms with E-state index in [4.69, 9.17) is 14.2 Å². The average Bonchev–Trinajstić information content (AvgIpc) is 3.68. The predicted octanol–water partition coefficient (Wildman–Crippen LogP) is 4.56. The van der Waals surface area contributed by atoms with Crippen molar-refractivity contribution in [2.45, 2.75) is 18.6 Å². The van der Waals surface area contributed by atoms with E-state index in [1.54, 1.807) is 18.2 Å². The number of benzene rings is 3. The Labute approximate surface area is 243 Å². The number of fused-ring (bicyclic) bond motifs is 1. The molecule has 1 atom stereocenters. The summed E-state index contributed by atoms with van der Waals surface area (Å²) in [4.78, 5) is 19.5. The smallest absolute Gasteiger partial charge is 0.420 e. The highest BCUT2D eigenvalue weighted by Gasteiger charge is 2.39. The number of nitrogens with one attached hydrogen (secondary N) is 1. The highest BCUT2D eigenvalue weighted by molar-refractivity contribution is 6.01. The Morgan fingerprint density at radius 3 is 2.58 bits per heavy atom. The van der Waals surface area contributed by atoms with Gasteiger partial charge in [0.1, 0.15) is 48.4 Å². The number of rotatable bonds is 10. The lowest BCUT2D eigenvalue weighted by molar-refractivity contribution is -0.138. The van der Waals surface area contributed by atoms with Gasteiger partial charge in [0.25, 0.3) is 5.91 Å². The molecule has 1 aliphatic rings. The molecule has 1 aromatic heterocycles. The molecule has 0 fully saturated rings. The van der Waals surface area contributed by atoms with Crippen LogP contribution >= 0.6 is 0 Å². The number of aromatic nitrogens is 3. The van der Waals surface area contributed by atoms with Gasteiger partial charge in [-0.3, -0.25) is 4.79 Å². The molecule has 3 aromatic carbocycles. The number of halogens is 4. The number of anilines is 2. The lowest BCUT2D eigenvalue weighted by Crippen LogP contribution is -2.37. The molecule has 0 saturated carbocycles. The normalized spacial score (nSPS) is 13.4. The second kappa shape index (κ2) is 12.2. The summed E-state index contributed by atoms with van der Waals surface area (Å²) in [7, 11) is 2.61. The number of aliphatic hydroxyl groups excluding tert-OH is 1. The number of nitrogens with zero attached hydrogens (tertiary/aromatic N) is 4. The van der Waals surface area contributed by atoms with Crippen LogP contribution in [-0.2, 0) is 17.4 Å². The van der Waals surface area contributed by atoms with Crippen LogP contribution in [0.15, 0.2) is 61.2 Å². The summed E-state index contributed by atoms with van der Waals surface area (Å²) >= 11 is 0. The molecule has 2 N–H and O–H groups in total. The van der Waals surface area contributed by atoms with Gasteiger partial charge in [0.2, 0.25) is 0 Å². The second-order valence-electron chi connectivity index (χ2n) is 9.51. The van der Waals surface area contributed by atoms with Crippen LogP contribution in [0.3, 0.4) is 0 Å². The first kappa shape index (κ1) is 29.6. The van der Waals surface area contributed by atoms with Crippen LogP contribution in [-0.4, -0.2) is 59.8 Å². The minimum absolute atomic E-state index is 0.0237. The highest BCUT2D eigenvalue weighted by Crippen LogP contribution is 2.43. The lowest BCUT2D eigenvalue weighted by Gasteiger charge is -2.28. The van der Waals surface area contributed by atoms with Gasteiger partial charge in [0, 0.05) is 41.7 Å². The summed E-state index contributed by atoms with van der Waals surface area (Å²) in [5.74, 6) is -1.23. The Morgan fingerprint density at radius 2 is 1.91 bits per heavy atom. The second-order valence-corrected chi connectivity index (χ2v) is 9.51. The van der Waals surface area contributed by atoms with Crippen LogP contribution in [0.4, 0.5) is 28.9 Å². The Kier molecular flexibility index (Phi) is 8.39. The molecular weight excluding hydrogens is 574 g/mol. The summed E-state index contributed by atoms with van der Waals surface area (Å²) in [5.41, 5.74) is 0.682. The molecule has 0 radical (unpaired) electrons. The molecule has 14 heteroatoms. The van der Waals surface area contributed by atoms with Gasteiger partial charge in [-0.1, -0.05) is 0 Å². The zero-order chi connectivity index (χ0) is 30.7. The van der Waals surface area contributed by atoms with E-state index in [-0.39, 0.29) is 48.9 Å². The quantitative estimate of drug-likeness (QED) is 0.255. The molecule has 43 heavy (non-hydrogen) atoms. The van der Waals surface area contributed by atoms with Crippen LogP contribution in [0, 0.1) is 5.82 Å². The molecule has 4 aromatic rings. The van der Waals surface area contributed by atoms with Crippen LogP contribution in [0.2, 0.25) is 0 Å². The maximum Gasteiger partial charge on any atom is 0.420 e. The van der Waals surface area contributed by atoms with E-state index in [0.29, 0.717) is 22.7 Å². The minimum atomic E-state index is -4.73. The Morgan fingerprint density at radius 1 is 1.09 bits per heavy atom. The number of ether oxygens (including phenoxy) is 3. The van der Waals surface area contributed by atoms with E-state index in [9.17, 15) is 27.5 Å². The number of hydrogen-bond acceptors (Lipinski definition) is 8. The maximum atomic E-state index is 14.3. The number of amides is 1. The number of aliphatic hydroxyl groups is 1. The molecular formula is C29H27F4N5O5. The first-order valence-corrected chi connectivity index (χ1v) is 13.1. The van der Waals surface area contributed by atoms with Gasteiger partial charge < -0.3 is 29.5 Å². The molecule has 1 unspecified atom stereocenters. The Bertz CT molecular complexity index is 1610. The number of methoxy groups -OCH3 is 2. The summed E-state index contributed by atoms with van der Waals surface area (Å²) in [6.45, 7) is -0.470. The van der Waals surface area contributed by atoms with Crippen LogP contribution in [0.1, 0.15) is 22.7 Å². The maximum absolute atomic E-state index is 14.3. The zero-order valence-corrected chi connectivity index (χ0v) is 23.1. The van der Waals surface area contributed by atoms with Crippen molar-refractivity contribution in [2.24, 2.45) is 0 Å². The van der Waals surface area contributed by atoms with Crippen molar-refractivity contribution < 1.29 is 41.7 Å². The van der Waals surface area contributed by atoms with E-state index < -0.39 is 29.5 Å². The number of carbonyl (C=O) groups is 1. The molecule has 226 valence electrons. The van der Waals surface area contributed by atoms with Gasteiger partial charge in [0.15, 0.2) is 0 Å². The molecule has 0 saturated heterocycles.